The highest BCUT2D eigenvalue weighted by molar-refractivity contribution is 5.89. The highest BCUT2D eigenvalue weighted by atomic mass is 16.5. The van der Waals surface area contributed by atoms with Gasteiger partial charge in [-0.3, -0.25) is 0 Å². The van der Waals surface area contributed by atoms with E-state index in [4.69, 9.17) is 4.74 Å². The second kappa shape index (κ2) is 3.35. The quantitative estimate of drug-likeness (QED) is 0.656. The van der Waals surface area contributed by atoms with Crippen molar-refractivity contribution in [2.75, 3.05) is 13.2 Å². The van der Waals surface area contributed by atoms with Crippen molar-refractivity contribution in [3.63, 3.8) is 0 Å². The highest BCUT2D eigenvalue weighted by Crippen LogP contribution is 2.22. The maximum Gasteiger partial charge on any atom is 0.333 e. The molecule has 0 aliphatic carbocycles. The van der Waals surface area contributed by atoms with Crippen LogP contribution in [0.3, 0.4) is 0 Å². The van der Waals surface area contributed by atoms with E-state index in [1.165, 1.54) is 10.8 Å². The molecule has 1 aromatic carbocycles. The van der Waals surface area contributed by atoms with Gasteiger partial charge in [-0.2, -0.15) is 4.58 Å². The van der Waals surface area contributed by atoms with Crippen molar-refractivity contribution < 1.29 is 9.31 Å². The van der Waals surface area contributed by atoms with Gasteiger partial charge >= 0.3 is 5.82 Å². The summed E-state index contributed by atoms with van der Waals surface area (Å²) in [6.07, 6.45) is 3.58. The van der Waals surface area contributed by atoms with Crippen molar-refractivity contribution in [3.8, 4) is 0 Å². The van der Waals surface area contributed by atoms with Crippen LogP contribution in [0.5, 0.6) is 0 Å². The number of hydrogen-bond acceptors (Lipinski definition) is 2. The molecule has 0 amide bonds. The Kier molecular flexibility index (Phi) is 1.88. The van der Waals surface area contributed by atoms with E-state index in [-0.39, 0.29) is 0 Å². The smallest absolute Gasteiger partial charge is 0.333 e. The van der Waals surface area contributed by atoms with Crippen LogP contribution in [0.1, 0.15) is 0 Å². The van der Waals surface area contributed by atoms with Crippen molar-refractivity contribution in [1.29, 1.82) is 0 Å². The number of rotatable bonds is 1. The summed E-state index contributed by atoms with van der Waals surface area (Å²) >= 11 is 0. The zero-order valence-electron chi connectivity index (χ0n) is 8.26. The Labute approximate surface area is 87.6 Å². The Morgan fingerprint density at radius 2 is 2.13 bits per heavy atom. The Hall–Kier alpha value is -1.90. The predicted molar refractivity (Wildman–Crippen MR) is 58.5 cm³/mol. The Morgan fingerprint density at radius 1 is 1.20 bits per heavy atom. The van der Waals surface area contributed by atoms with E-state index in [1.807, 2.05) is 29.0 Å². The molecule has 2 aromatic rings. The molecule has 0 saturated heterocycles. The van der Waals surface area contributed by atoms with Crippen molar-refractivity contribution in [3.05, 3.63) is 36.5 Å². The third-order valence-electron chi connectivity index (χ3n) is 2.58. The molecule has 3 heteroatoms. The topological polar surface area (TPSA) is 25.1 Å². The zero-order valence-corrected chi connectivity index (χ0v) is 8.26. The monoisotopic (exact) mass is 199 g/mol. The van der Waals surface area contributed by atoms with Crippen LogP contribution in [0.15, 0.2) is 36.5 Å². The summed E-state index contributed by atoms with van der Waals surface area (Å²) in [5, 5.41) is 2.38. The fourth-order valence-corrected chi connectivity index (χ4v) is 1.83. The van der Waals surface area contributed by atoms with Crippen LogP contribution < -0.4 is 0 Å². The van der Waals surface area contributed by atoms with E-state index in [0.29, 0.717) is 0 Å². The first-order chi connectivity index (χ1) is 7.45. The van der Waals surface area contributed by atoms with Crippen LogP contribution in [0.4, 0.5) is 5.82 Å². The Morgan fingerprint density at radius 3 is 3.00 bits per heavy atom. The molecule has 0 spiro atoms. The summed E-state index contributed by atoms with van der Waals surface area (Å²) in [5.41, 5.74) is 0. The van der Waals surface area contributed by atoms with Gasteiger partial charge in [0.1, 0.15) is 19.3 Å². The molecule has 3 nitrogen and oxygen atoms in total. The summed E-state index contributed by atoms with van der Waals surface area (Å²) in [6.45, 7) is 1.62. The van der Waals surface area contributed by atoms with E-state index in [2.05, 4.69) is 17.1 Å². The number of aromatic nitrogens is 1. The molecular weight excluding hydrogens is 188 g/mol. The second-order valence-corrected chi connectivity index (χ2v) is 3.53. The molecule has 0 N–H and O–H groups in total. The highest BCUT2D eigenvalue weighted by Gasteiger charge is 2.18. The van der Waals surface area contributed by atoms with E-state index in [9.17, 15) is 0 Å². The fraction of sp³-hybridized carbons (Fsp3) is 0.167. The molecule has 74 valence electrons. The first kappa shape index (κ1) is 8.41. The van der Waals surface area contributed by atoms with Crippen molar-refractivity contribution in [2.24, 2.45) is 0 Å². The molecule has 15 heavy (non-hydrogen) atoms. The normalized spacial score (nSPS) is 15.1. The van der Waals surface area contributed by atoms with E-state index < -0.39 is 0 Å². The van der Waals surface area contributed by atoms with Crippen LogP contribution in [0, 0.1) is 0 Å². The van der Waals surface area contributed by atoms with Crippen LogP contribution in [0.25, 0.3) is 10.8 Å². The molecule has 2 heterocycles. The minimum absolute atomic E-state index is 0.741. The molecule has 1 aromatic heterocycles. The van der Waals surface area contributed by atoms with Crippen molar-refractivity contribution in [2.45, 2.75) is 0 Å². The fourth-order valence-electron chi connectivity index (χ4n) is 1.83. The average molecular weight is 199 g/mol. The number of fused-ring (bicyclic) bond motifs is 1. The lowest BCUT2D eigenvalue weighted by Crippen LogP contribution is -2.04. The lowest BCUT2D eigenvalue weighted by Gasteiger charge is -1.98. The first-order valence-corrected chi connectivity index (χ1v) is 5.00. The van der Waals surface area contributed by atoms with Gasteiger partial charge in [-0.15, -0.1) is 0 Å². The molecule has 0 unspecified atom stereocenters. The summed E-state index contributed by atoms with van der Waals surface area (Å²) in [5.74, 6) is 0.977. The summed E-state index contributed by atoms with van der Waals surface area (Å²) in [6, 6.07) is 10.3. The minimum Gasteiger partial charge on any atom is -0.463 e. The number of ether oxygens (including phenoxy) is 1. The maximum atomic E-state index is 5.22. The van der Waals surface area contributed by atoms with Gasteiger partial charge in [-0.05, 0) is 22.5 Å². The third-order valence-corrected chi connectivity index (χ3v) is 2.58. The predicted octanol–water partition coefficient (Wildman–Crippen LogP) is 1.94. The average Bonchev–Trinajstić information content (AvgIpc) is 2.82. The lowest BCUT2D eigenvalue weighted by atomic mass is 10.1. The van der Waals surface area contributed by atoms with Crippen molar-refractivity contribution in [1.82, 2.24) is 4.98 Å². The second-order valence-electron chi connectivity index (χ2n) is 3.53. The molecule has 3 rings (SSSR count). The number of nitrogens with zero attached hydrogens (tertiary/aromatic N) is 2. The maximum absolute atomic E-state index is 5.22. The third kappa shape index (κ3) is 1.36. The van der Waals surface area contributed by atoms with Crippen LogP contribution in [-0.4, -0.2) is 29.1 Å². The zero-order chi connectivity index (χ0) is 10.1. The Balaban J connectivity index is 2.26. The molecule has 0 radical (unpaired) electrons. The summed E-state index contributed by atoms with van der Waals surface area (Å²) < 4.78 is 7.27. The van der Waals surface area contributed by atoms with Crippen LogP contribution in [0.2, 0.25) is 0 Å². The summed E-state index contributed by atoms with van der Waals surface area (Å²) in [7, 11) is 0. The molecule has 0 bridgehead atoms. The molecule has 0 saturated carbocycles. The standard InChI is InChI=1S/C12H11N2O/c1-2-4-11-10(3-1)5-6-13-12(11)14-7-8-15-9-14/h1-6,9H,7-8H2/q+1. The number of pyridine rings is 1. The molecule has 1 aliphatic heterocycles. The molecular formula is C12H11N2O+. The van der Waals surface area contributed by atoms with Gasteiger partial charge in [0.15, 0.2) is 0 Å². The largest absolute Gasteiger partial charge is 0.463 e. The van der Waals surface area contributed by atoms with Gasteiger partial charge in [0.05, 0.1) is 5.39 Å². The number of benzene rings is 1. The lowest BCUT2D eigenvalue weighted by molar-refractivity contribution is -0.426. The van der Waals surface area contributed by atoms with Gasteiger partial charge in [0, 0.05) is 0 Å². The van der Waals surface area contributed by atoms with E-state index in [1.54, 1.807) is 6.40 Å². The molecule has 0 fully saturated rings. The van der Waals surface area contributed by atoms with Crippen LogP contribution in [-0.2, 0) is 4.74 Å². The van der Waals surface area contributed by atoms with Gasteiger partial charge in [0.25, 0.3) is 0 Å². The van der Waals surface area contributed by atoms with Gasteiger partial charge in [0.2, 0.25) is 6.40 Å². The van der Waals surface area contributed by atoms with Gasteiger partial charge < -0.3 is 4.74 Å². The van der Waals surface area contributed by atoms with Gasteiger partial charge in [-0.1, -0.05) is 18.2 Å². The van der Waals surface area contributed by atoms with Gasteiger partial charge in [-0.25, -0.2) is 0 Å². The molecule has 1 aliphatic rings. The summed E-state index contributed by atoms with van der Waals surface area (Å²) in [4.78, 5) is 4.40. The van der Waals surface area contributed by atoms with E-state index in [0.717, 1.165) is 19.0 Å². The van der Waals surface area contributed by atoms with Crippen LogP contribution >= 0.6 is 0 Å². The minimum atomic E-state index is 0.741. The number of hydrogen-bond donors (Lipinski definition) is 0. The first-order valence-electron chi connectivity index (χ1n) is 5.00. The Bertz CT molecular complexity index is 529. The van der Waals surface area contributed by atoms with E-state index >= 15 is 0 Å². The SMILES string of the molecule is C1=[N+](c2nccc3ccccc23)CCO1. The van der Waals surface area contributed by atoms with Crippen molar-refractivity contribution >= 4 is 23.0 Å². The molecule has 0 atom stereocenters.